The third kappa shape index (κ3) is 3.51. The first kappa shape index (κ1) is 19.5. The lowest BCUT2D eigenvalue weighted by Crippen LogP contribution is -2.51. The minimum absolute atomic E-state index is 0.204. The third-order valence-electron chi connectivity index (χ3n) is 6.34. The van der Waals surface area contributed by atoms with Gasteiger partial charge in [-0.15, -0.1) is 0 Å². The number of imide groups is 1. The van der Waals surface area contributed by atoms with Gasteiger partial charge in [-0.25, -0.2) is 9.69 Å². The van der Waals surface area contributed by atoms with E-state index in [1.165, 1.54) is 4.90 Å². The van der Waals surface area contributed by atoms with E-state index in [2.05, 4.69) is 20.1 Å². The molecule has 3 amide bonds. The molecule has 3 aromatic rings. The van der Waals surface area contributed by atoms with Crippen LogP contribution < -0.4 is 10.2 Å². The zero-order chi connectivity index (χ0) is 21.4. The topological polar surface area (TPSA) is 68.8 Å². The molecule has 0 bridgehead atoms. The largest absolute Gasteiger partial charge is 0.369 e. The van der Waals surface area contributed by atoms with E-state index in [0.29, 0.717) is 6.67 Å². The number of piperazine rings is 1. The second-order valence-corrected chi connectivity index (χ2v) is 8.30. The molecule has 158 valence electrons. The first-order chi connectivity index (χ1) is 15.0. The molecule has 2 aliphatic heterocycles. The number of urea groups is 1. The van der Waals surface area contributed by atoms with Gasteiger partial charge < -0.3 is 10.2 Å². The average molecular weight is 415 g/mol. The maximum atomic E-state index is 13.3. The standard InChI is InChI=1S/C24H25N5O2/c1-24(20-7-6-18-4-2-3-5-19(18)16-20)22(30)29(23(31)26-24)17-27-12-14-28(15-13-27)21-8-10-25-11-9-21/h2-11,16H,12-15,17H2,1H3,(H,26,31). The number of carbonyl (C=O) groups excluding carboxylic acids is 2. The van der Waals surface area contributed by atoms with E-state index < -0.39 is 5.54 Å². The summed E-state index contributed by atoms with van der Waals surface area (Å²) in [4.78, 5) is 35.9. The second kappa shape index (κ2) is 7.67. The number of hydrogen-bond acceptors (Lipinski definition) is 5. The van der Waals surface area contributed by atoms with Crippen molar-refractivity contribution in [2.75, 3.05) is 37.7 Å². The van der Waals surface area contributed by atoms with E-state index >= 15 is 0 Å². The van der Waals surface area contributed by atoms with Gasteiger partial charge in [0, 0.05) is 44.3 Å². The van der Waals surface area contributed by atoms with Crippen molar-refractivity contribution in [3.63, 3.8) is 0 Å². The number of nitrogens with zero attached hydrogens (tertiary/aromatic N) is 4. The fraction of sp³-hybridized carbons (Fsp3) is 0.292. The molecule has 1 aromatic heterocycles. The monoisotopic (exact) mass is 415 g/mol. The molecule has 2 aromatic carbocycles. The molecule has 7 heteroatoms. The molecule has 0 radical (unpaired) electrons. The van der Waals surface area contributed by atoms with Crippen molar-refractivity contribution in [1.82, 2.24) is 20.1 Å². The van der Waals surface area contributed by atoms with Gasteiger partial charge in [-0.3, -0.25) is 14.7 Å². The van der Waals surface area contributed by atoms with Crippen molar-refractivity contribution in [1.29, 1.82) is 0 Å². The summed E-state index contributed by atoms with van der Waals surface area (Å²) in [6.45, 7) is 5.35. The predicted octanol–water partition coefficient (Wildman–Crippen LogP) is 2.78. The first-order valence-corrected chi connectivity index (χ1v) is 10.6. The molecule has 0 saturated carbocycles. The average Bonchev–Trinajstić information content (AvgIpc) is 3.03. The molecule has 1 unspecified atom stereocenters. The molecular weight excluding hydrogens is 390 g/mol. The molecule has 0 aliphatic carbocycles. The first-order valence-electron chi connectivity index (χ1n) is 10.6. The highest BCUT2D eigenvalue weighted by atomic mass is 16.2. The number of nitrogens with one attached hydrogen (secondary N) is 1. The molecule has 1 N–H and O–H groups in total. The number of pyridine rings is 1. The van der Waals surface area contributed by atoms with Crippen LogP contribution >= 0.6 is 0 Å². The van der Waals surface area contributed by atoms with Crippen molar-refractivity contribution in [3.05, 3.63) is 72.6 Å². The Morgan fingerprint density at radius 1 is 0.935 bits per heavy atom. The van der Waals surface area contributed by atoms with Crippen LogP contribution in [0.2, 0.25) is 0 Å². The molecule has 7 nitrogen and oxygen atoms in total. The summed E-state index contributed by atoms with van der Waals surface area (Å²) in [5.41, 5.74) is 0.892. The van der Waals surface area contributed by atoms with Gasteiger partial charge in [0.1, 0.15) is 5.54 Å². The summed E-state index contributed by atoms with van der Waals surface area (Å²) in [5, 5.41) is 5.09. The Labute approximate surface area is 181 Å². The molecule has 1 atom stereocenters. The van der Waals surface area contributed by atoms with Crippen LogP contribution in [-0.2, 0) is 10.3 Å². The fourth-order valence-corrected chi connectivity index (χ4v) is 4.42. The van der Waals surface area contributed by atoms with Crippen LogP contribution in [0, 0.1) is 0 Å². The van der Waals surface area contributed by atoms with Crippen LogP contribution in [0.3, 0.4) is 0 Å². The predicted molar refractivity (Wildman–Crippen MR) is 120 cm³/mol. The molecule has 2 saturated heterocycles. The van der Waals surface area contributed by atoms with Gasteiger partial charge in [0.25, 0.3) is 5.91 Å². The number of amides is 3. The van der Waals surface area contributed by atoms with Gasteiger partial charge in [-0.1, -0.05) is 36.4 Å². The minimum atomic E-state index is -1.06. The summed E-state index contributed by atoms with van der Waals surface area (Å²) in [5.74, 6) is -0.204. The van der Waals surface area contributed by atoms with Crippen molar-refractivity contribution >= 4 is 28.4 Å². The van der Waals surface area contributed by atoms with Crippen molar-refractivity contribution in [2.24, 2.45) is 0 Å². The summed E-state index contributed by atoms with van der Waals surface area (Å²) in [6, 6.07) is 17.6. The number of benzene rings is 2. The molecule has 3 heterocycles. The summed E-state index contributed by atoms with van der Waals surface area (Å²) in [6.07, 6.45) is 3.59. The third-order valence-corrected chi connectivity index (χ3v) is 6.34. The van der Waals surface area contributed by atoms with Gasteiger partial charge in [-0.05, 0) is 41.5 Å². The van der Waals surface area contributed by atoms with E-state index in [-0.39, 0.29) is 11.9 Å². The molecule has 31 heavy (non-hydrogen) atoms. The Kier molecular flexibility index (Phi) is 4.82. The highest BCUT2D eigenvalue weighted by Gasteiger charge is 2.49. The van der Waals surface area contributed by atoms with Crippen LogP contribution in [0.15, 0.2) is 67.0 Å². The zero-order valence-corrected chi connectivity index (χ0v) is 17.5. The summed E-state index contributed by atoms with van der Waals surface area (Å²) < 4.78 is 0. The normalized spacial score (nSPS) is 22.2. The van der Waals surface area contributed by atoms with E-state index in [4.69, 9.17) is 0 Å². The number of hydrogen-bond donors (Lipinski definition) is 1. The Morgan fingerprint density at radius 2 is 1.65 bits per heavy atom. The highest BCUT2D eigenvalue weighted by Crippen LogP contribution is 2.31. The summed E-state index contributed by atoms with van der Waals surface area (Å²) in [7, 11) is 0. The van der Waals surface area contributed by atoms with Crippen molar-refractivity contribution in [3.8, 4) is 0 Å². The van der Waals surface area contributed by atoms with Crippen LogP contribution in [-0.4, -0.2) is 59.6 Å². The van der Waals surface area contributed by atoms with E-state index in [0.717, 1.165) is 48.2 Å². The van der Waals surface area contributed by atoms with E-state index in [1.807, 2.05) is 54.6 Å². The molecule has 5 rings (SSSR count). The lowest BCUT2D eigenvalue weighted by Gasteiger charge is -2.37. The van der Waals surface area contributed by atoms with Crippen LogP contribution in [0.25, 0.3) is 10.8 Å². The lowest BCUT2D eigenvalue weighted by atomic mass is 9.90. The number of anilines is 1. The highest BCUT2D eigenvalue weighted by molar-refractivity contribution is 6.07. The smallest absolute Gasteiger partial charge is 0.326 e. The van der Waals surface area contributed by atoms with Gasteiger partial charge in [0.15, 0.2) is 0 Å². The van der Waals surface area contributed by atoms with Crippen LogP contribution in [0.1, 0.15) is 12.5 Å². The second-order valence-electron chi connectivity index (χ2n) is 8.30. The van der Waals surface area contributed by atoms with Gasteiger partial charge in [-0.2, -0.15) is 0 Å². The Morgan fingerprint density at radius 3 is 2.39 bits per heavy atom. The number of aromatic nitrogens is 1. The number of rotatable bonds is 4. The zero-order valence-electron chi connectivity index (χ0n) is 17.5. The lowest BCUT2D eigenvalue weighted by molar-refractivity contribution is -0.132. The molecular formula is C24H25N5O2. The van der Waals surface area contributed by atoms with Crippen LogP contribution in [0.4, 0.5) is 10.5 Å². The molecule has 2 aliphatic rings. The number of carbonyl (C=O) groups is 2. The molecule has 2 fully saturated rings. The van der Waals surface area contributed by atoms with Gasteiger partial charge in [0.2, 0.25) is 0 Å². The van der Waals surface area contributed by atoms with Crippen molar-refractivity contribution in [2.45, 2.75) is 12.5 Å². The van der Waals surface area contributed by atoms with Crippen molar-refractivity contribution < 1.29 is 9.59 Å². The maximum absolute atomic E-state index is 13.3. The quantitative estimate of drug-likeness (QED) is 0.664. The van der Waals surface area contributed by atoms with E-state index in [1.54, 1.807) is 19.3 Å². The van der Waals surface area contributed by atoms with Crippen LogP contribution in [0.5, 0.6) is 0 Å². The SMILES string of the molecule is CC1(c2ccc3ccccc3c2)NC(=O)N(CN2CCN(c3ccncc3)CC2)C1=O. The molecule has 0 spiro atoms. The van der Waals surface area contributed by atoms with Gasteiger partial charge >= 0.3 is 6.03 Å². The minimum Gasteiger partial charge on any atom is -0.369 e. The van der Waals surface area contributed by atoms with Gasteiger partial charge in [0.05, 0.1) is 6.67 Å². The Bertz CT molecular complexity index is 1130. The van der Waals surface area contributed by atoms with E-state index in [9.17, 15) is 9.59 Å². The summed E-state index contributed by atoms with van der Waals surface area (Å²) >= 11 is 0. The fourth-order valence-electron chi connectivity index (χ4n) is 4.42. The Balaban J connectivity index is 1.29. The number of fused-ring (bicyclic) bond motifs is 1. The maximum Gasteiger partial charge on any atom is 0.326 e. The Hall–Kier alpha value is -3.45.